The topological polar surface area (TPSA) is 38.3 Å². The molecular weight excluding hydrogens is 190 g/mol. The molecule has 0 aliphatic carbocycles. The lowest BCUT2D eigenvalue weighted by atomic mass is 10.1. The van der Waals surface area contributed by atoms with Gasteiger partial charge in [-0.3, -0.25) is 4.79 Å². The van der Waals surface area contributed by atoms with Gasteiger partial charge in [0.05, 0.1) is 0 Å². The molecular formula is C12H25NO2. The first-order chi connectivity index (χ1) is 6.95. The molecule has 0 amide bonds. The number of rotatable bonds is 7. The molecule has 1 N–H and O–H groups in total. The molecule has 0 spiro atoms. The van der Waals surface area contributed by atoms with Crippen molar-refractivity contribution < 1.29 is 9.53 Å². The summed E-state index contributed by atoms with van der Waals surface area (Å²) in [5.41, 5.74) is -0.344. The molecule has 0 rings (SSSR count). The lowest BCUT2D eigenvalue weighted by Crippen LogP contribution is -2.23. The van der Waals surface area contributed by atoms with Gasteiger partial charge in [-0.1, -0.05) is 12.8 Å². The molecule has 0 bridgehead atoms. The first-order valence-electron chi connectivity index (χ1n) is 5.82. The van der Waals surface area contributed by atoms with Crippen LogP contribution in [-0.2, 0) is 9.53 Å². The zero-order chi connectivity index (χ0) is 11.7. The maximum Gasteiger partial charge on any atom is 0.306 e. The van der Waals surface area contributed by atoms with Gasteiger partial charge >= 0.3 is 5.97 Å². The van der Waals surface area contributed by atoms with Crippen molar-refractivity contribution in [3.8, 4) is 0 Å². The van der Waals surface area contributed by atoms with Crippen LogP contribution in [0.5, 0.6) is 0 Å². The Hall–Kier alpha value is -0.570. The molecule has 0 aliphatic heterocycles. The second-order valence-corrected chi connectivity index (χ2v) is 4.85. The summed E-state index contributed by atoms with van der Waals surface area (Å²) in [6.45, 7) is 6.76. The predicted octanol–water partition coefficient (Wildman–Crippen LogP) is 2.50. The van der Waals surface area contributed by atoms with E-state index in [0.717, 1.165) is 19.4 Å². The van der Waals surface area contributed by atoms with E-state index in [9.17, 15) is 4.79 Å². The number of hydrogen-bond acceptors (Lipinski definition) is 3. The molecule has 3 nitrogen and oxygen atoms in total. The fourth-order valence-corrected chi connectivity index (χ4v) is 1.32. The Morgan fingerprint density at radius 1 is 1.13 bits per heavy atom. The molecule has 0 saturated carbocycles. The highest BCUT2D eigenvalue weighted by atomic mass is 16.6. The Morgan fingerprint density at radius 2 is 1.73 bits per heavy atom. The van der Waals surface area contributed by atoms with Gasteiger partial charge in [0.2, 0.25) is 0 Å². The Balaban J connectivity index is 3.32. The zero-order valence-corrected chi connectivity index (χ0v) is 10.6. The maximum absolute atomic E-state index is 11.3. The fraction of sp³-hybridized carbons (Fsp3) is 0.917. The monoisotopic (exact) mass is 215 g/mol. The largest absolute Gasteiger partial charge is 0.460 e. The Morgan fingerprint density at radius 3 is 2.27 bits per heavy atom. The Labute approximate surface area is 93.6 Å². The second kappa shape index (κ2) is 7.69. The van der Waals surface area contributed by atoms with Crippen LogP contribution in [0.2, 0.25) is 0 Å². The zero-order valence-electron chi connectivity index (χ0n) is 10.6. The van der Waals surface area contributed by atoms with E-state index >= 15 is 0 Å². The van der Waals surface area contributed by atoms with Crippen LogP contribution in [0.25, 0.3) is 0 Å². The van der Waals surface area contributed by atoms with E-state index in [1.807, 2.05) is 27.8 Å². The summed E-state index contributed by atoms with van der Waals surface area (Å²) in [5, 5.41) is 3.11. The average Bonchev–Trinajstić information content (AvgIpc) is 2.08. The van der Waals surface area contributed by atoms with Gasteiger partial charge in [-0.15, -0.1) is 0 Å². The molecule has 0 heterocycles. The molecule has 0 fully saturated rings. The summed E-state index contributed by atoms with van der Waals surface area (Å²) in [5.74, 6) is -0.0730. The van der Waals surface area contributed by atoms with Crippen LogP contribution in [-0.4, -0.2) is 25.2 Å². The number of esters is 1. The summed E-state index contributed by atoms with van der Waals surface area (Å²) >= 11 is 0. The minimum absolute atomic E-state index is 0.0730. The third-order valence-corrected chi connectivity index (χ3v) is 1.98. The van der Waals surface area contributed by atoms with Crippen molar-refractivity contribution in [2.24, 2.45) is 0 Å². The second-order valence-electron chi connectivity index (χ2n) is 4.85. The summed E-state index contributed by atoms with van der Waals surface area (Å²) in [7, 11) is 1.96. The standard InChI is InChI=1S/C12H25NO2/c1-12(2,3)15-11(14)9-7-5-6-8-10-13-4/h13H,5-10H2,1-4H3. The first-order valence-corrected chi connectivity index (χ1v) is 5.82. The van der Waals surface area contributed by atoms with Crippen molar-refractivity contribution in [3.63, 3.8) is 0 Å². The molecule has 0 aromatic carbocycles. The summed E-state index contributed by atoms with van der Waals surface area (Å²) in [4.78, 5) is 11.3. The molecule has 0 aromatic heterocycles. The quantitative estimate of drug-likeness (QED) is 0.524. The number of carbonyl (C=O) groups is 1. The number of hydrogen-bond donors (Lipinski definition) is 1. The van der Waals surface area contributed by atoms with Crippen molar-refractivity contribution in [1.82, 2.24) is 5.32 Å². The SMILES string of the molecule is CNCCCCCCC(=O)OC(C)(C)C. The highest BCUT2D eigenvalue weighted by Crippen LogP contribution is 2.10. The van der Waals surface area contributed by atoms with Gasteiger partial charge < -0.3 is 10.1 Å². The van der Waals surface area contributed by atoms with Crippen molar-refractivity contribution >= 4 is 5.97 Å². The van der Waals surface area contributed by atoms with Gasteiger partial charge in [-0.25, -0.2) is 0 Å². The van der Waals surface area contributed by atoms with Gasteiger partial charge in [-0.05, 0) is 47.2 Å². The van der Waals surface area contributed by atoms with E-state index in [4.69, 9.17) is 4.74 Å². The average molecular weight is 215 g/mol. The van der Waals surface area contributed by atoms with E-state index < -0.39 is 0 Å². The van der Waals surface area contributed by atoms with E-state index in [2.05, 4.69) is 5.32 Å². The Kier molecular flexibility index (Phi) is 7.39. The first kappa shape index (κ1) is 14.4. The number of nitrogens with one attached hydrogen (secondary N) is 1. The smallest absolute Gasteiger partial charge is 0.306 e. The molecule has 90 valence electrons. The number of carbonyl (C=O) groups excluding carboxylic acids is 1. The molecule has 15 heavy (non-hydrogen) atoms. The molecule has 0 atom stereocenters. The van der Waals surface area contributed by atoms with Crippen LogP contribution < -0.4 is 5.32 Å². The number of unbranched alkanes of at least 4 members (excludes halogenated alkanes) is 3. The minimum Gasteiger partial charge on any atom is -0.460 e. The van der Waals surface area contributed by atoms with Crippen LogP contribution in [0.4, 0.5) is 0 Å². The van der Waals surface area contributed by atoms with Crippen LogP contribution in [0.15, 0.2) is 0 Å². The lowest BCUT2D eigenvalue weighted by Gasteiger charge is -2.19. The van der Waals surface area contributed by atoms with Crippen LogP contribution in [0, 0.1) is 0 Å². The van der Waals surface area contributed by atoms with E-state index in [-0.39, 0.29) is 11.6 Å². The van der Waals surface area contributed by atoms with Gasteiger partial charge in [0.1, 0.15) is 5.60 Å². The normalized spacial score (nSPS) is 11.5. The highest BCUT2D eigenvalue weighted by molar-refractivity contribution is 5.69. The Bertz CT molecular complexity index is 173. The van der Waals surface area contributed by atoms with Gasteiger partial charge in [0, 0.05) is 6.42 Å². The number of ether oxygens (including phenoxy) is 1. The minimum atomic E-state index is -0.344. The molecule has 0 aliphatic rings. The van der Waals surface area contributed by atoms with Crippen molar-refractivity contribution in [3.05, 3.63) is 0 Å². The third-order valence-electron chi connectivity index (χ3n) is 1.98. The van der Waals surface area contributed by atoms with Gasteiger partial charge in [-0.2, -0.15) is 0 Å². The molecule has 0 aromatic rings. The van der Waals surface area contributed by atoms with Gasteiger partial charge in [0.25, 0.3) is 0 Å². The van der Waals surface area contributed by atoms with E-state index in [1.165, 1.54) is 12.8 Å². The highest BCUT2D eigenvalue weighted by Gasteiger charge is 2.15. The van der Waals surface area contributed by atoms with Crippen molar-refractivity contribution in [2.45, 2.75) is 58.5 Å². The summed E-state index contributed by atoms with van der Waals surface area (Å²) in [6.07, 6.45) is 4.98. The summed E-state index contributed by atoms with van der Waals surface area (Å²) < 4.78 is 5.21. The van der Waals surface area contributed by atoms with Gasteiger partial charge in [0.15, 0.2) is 0 Å². The molecule has 0 unspecified atom stereocenters. The molecule has 3 heteroatoms. The van der Waals surface area contributed by atoms with Crippen LogP contribution in [0.1, 0.15) is 52.9 Å². The fourth-order valence-electron chi connectivity index (χ4n) is 1.32. The lowest BCUT2D eigenvalue weighted by molar-refractivity contribution is -0.154. The third kappa shape index (κ3) is 11.4. The molecule has 0 saturated heterocycles. The van der Waals surface area contributed by atoms with E-state index in [0.29, 0.717) is 6.42 Å². The molecule has 0 radical (unpaired) electrons. The maximum atomic E-state index is 11.3. The van der Waals surface area contributed by atoms with E-state index in [1.54, 1.807) is 0 Å². The van der Waals surface area contributed by atoms with Crippen molar-refractivity contribution in [1.29, 1.82) is 0 Å². The van der Waals surface area contributed by atoms with Crippen LogP contribution >= 0.6 is 0 Å². The van der Waals surface area contributed by atoms with Crippen LogP contribution in [0.3, 0.4) is 0 Å². The van der Waals surface area contributed by atoms with Crippen molar-refractivity contribution in [2.75, 3.05) is 13.6 Å². The predicted molar refractivity (Wildman–Crippen MR) is 62.9 cm³/mol. The summed E-state index contributed by atoms with van der Waals surface area (Å²) in [6, 6.07) is 0.